The highest BCUT2D eigenvalue weighted by Crippen LogP contribution is 2.31. The highest BCUT2D eigenvalue weighted by Gasteiger charge is 2.25. The Morgan fingerprint density at radius 2 is 1.38 bits per heavy atom. The number of unbranched alkanes of at least 4 members (excludes halogenated alkanes) is 1. The average molecular weight is 542 g/mol. The molecule has 1 fully saturated rings. The molecule has 2 N–H and O–H groups in total. The van der Waals surface area contributed by atoms with Gasteiger partial charge in [-0.25, -0.2) is 0 Å². The van der Waals surface area contributed by atoms with Crippen LogP contribution in [-0.2, 0) is 16.0 Å². The van der Waals surface area contributed by atoms with Crippen LogP contribution < -0.4 is 10.1 Å². The maximum atomic E-state index is 12.3. The van der Waals surface area contributed by atoms with Gasteiger partial charge in [0.1, 0.15) is 17.3 Å². The number of carbonyl (C=O) groups is 2. The molecule has 39 heavy (non-hydrogen) atoms. The number of nitrogens with one attached hydrogen (secondary N) is 1. The van der Waals surface area contributed by atoms with Crippen molar-refractivity contribution in [3.63, 3.8) is 0 Å². The van der Waals surface area contributed by atoms with Gasteiger partial charge in [0.25, 0.3) is 0 Å². The molecule has 0 heterocycles. The Morgan fingerprint density at radius 3 is 1.79 bits per heavy atom. The Kier molecular flexibility index (Phi) is 18.7. The zero-order valence-electron chi connectivity index (χ0n) is 26.4. The quantitative estimate of drug-likeness (QED) is 0.382. The molecule has 0 unspecified atom stereocenters. The number of phenolic OH excluding ortho intramolecular Hbond substituents is 1. The van der Waals surface area contributed by atoms with Gasteiger partial charge in [-0.05, 0) is 113 Å². The number of aromatic hydroxyl groups is 1. The zero-order valence-corrected chi connectivity index (χ0v) is 26.4. The molecule has 0 aliphatic heterocycles. The Morgan fingerprint density at radius 1 is 0.872 bits per heavy atom. The summed E-state index contributed by atoms with van der Waals surface area (Å²) >= 11 is 0. The fourth-order valence-corrected chi connectivity index (χ4v) is 4.50. The fourth-order valence-electron chi connectivity index (χ4n) is 4.50. The highest BCUT2D eigenvalue weighted by molar-refractivity contribution is 5.92. The van der Waals surface area contributed by atoms with Crippen LogP contribution in [-0.4, -0.2) is 23.9 Å². The largest absolute Gasteiger partial charge is 0.508 e. The third-order valence-electron chi connectivity index (χ3n) is 7.00. The molecule has 5 heteroatoms. The van der Waals surface area contributed by atoms with Gasteiger partial charge in [0.05, 0.1) is 7.11 Å². The summed E-state index contributed by atoms with van der Waals surface area (Å²) in [6, 6.07) is 9.43. The molecule has 2 aromatic rings. The molecule has 1 saturated carbocycles. The lowest BCUT2D eigenvalue weighted by Gasteiger charge is -2.27. The zero-order chi connectivity index (χ0) is 30.0. The monoisotopic (exact) mass is 541 g/mol. The van der Waals surface area contributed by atoms with Gasteiger partial charge < -0.3 is 20.0 Å². The number of benzene rings is 2. The number of phenols is 1. The summed E-state index contributed by atoms with van der Waals surface area (Å²) in [5.74, 6) is 2.50. The van der Waals surface area contributed by atoms with Crippen molar-refractivity contribution in [2.24, 2.45) is 11.8 Å². The number of ether oxygens (including phenoxy) is 1. The number of aryl methyl sites for hydroxylation is 3. The summed E-state index contributed by atoms with van der Waals surface area (Å²) in [7, 11) is 1.65. The van der Waals surface area contributed by atoms with E-state index in [2.05, 4.69) is 33.0 Å². The molecule has 0 atom stereocenters. The second-order valence-electron chi connectivity index (χ2n) is 10.6. The lowest BCUT2D eigenvalue weighted by molar-refractivity contribution is -0.121. The Hall–Kier alpha value is -2.82. The molecule has 5 nitrogen and oxygen atoms in total. The molecule has 0 bridgehead atoms. The van der Waals surface area contributed by atoms with Gasteiger partial charge in [-0.1, -0.05) is 53.0 Å². The van der Waals surface area contributed by atoms with E-state index in [-0.39, 0.29) is 17.6 Å². The Labute approximate surface area is 238 Å². The van der Waals surface area contributed by atoms with Crippen molar-refractivity contribution in [2.75, 3.05) is 12.4 Å². The Balaban J connectivity index is 0.000000634. The highest BCUT2D eigenvalue weighted by atomic mass is 16.5. The number of ketones is 1. The number of rotatable bonds is 6. The van der Waals surface area contributed by atoms with E-state index in [1.165, 1.54) is 62.6 Å². The lowest BCUT2D eigenvalue weighted by Crippen LogP contribution is -2.27. The molecule has 2 aromatic carbocycles. The number of anilines is 1. The van der Waals surface area contributed by atoms with Crippen molar-refractivity contribution in [1.82, 2.24) is 0 Å². The number of hydrogen-bond donors (Lipinski definition) is 2. The van der Waals surface area contributed by atoms with Crippen molar-refractivity contribution in [3.8, 4) is 11.5 Å². The summed E-state index contributed by atoms with van der Waals surface area (Å²) in [6.45, 7) is 17.9. The molecule has 3 rings (SSSR count). The van der Waals surface area contributed by atoms with Gasteiger partial charge in [-0.15, -0.1) is 0 Å². The summed E-state index contributed by atoms with van der Waals surface area (Å²) in [4.78, 5) is 21.7. The SMILES string of the molecule is CC(C)=O.CCC1CCC(C(=O)Nc2ccc(C)c(OC)c2)CC1.CCCC.CCc1c(C)cc(O)cc1C. The summed E-state index contributed by atoms with van der Waals surface area (Å²) < 4.78 is 5.29. The number of Topliss-reactive ketones (excluding diaryl/α,β-unsaturated/α-hetero) is 1. The first-order chi connectivity index (χ1) is 18.4. The van der Waals surface area contributed by atoms with Crippen LogP contribution in [0.25, 0.3) is 0 Å². The second kappa shape index (κ2) is 20.1. The van der Waals surface area contributed by atoms with Gasteiger partial charge in [0.2, 0.25) is 5.91 Å². The van der Waals surface area contributed by atoms with E-state index in [0.29, 0.717) is 5.75 Å². The van der Waals surface area contributed by atoms with Crippen molar-refractivity contribution in [2.45, 2.75) is 114 Å². The Bertz CT molecular complexity index is 962. The first-order valence-corrected chi connectivity index (χ1v) is 14.6. The van der Waals surface area contributed by atoms with Crippen LogP contribution in [0.5, 0.6) is 11.5 Å². The normalized spacial score (nSPS) is 15.7. The molecule has 0 saturated heterocycles. The molecular formula is C34H55NO4. The van der Waals surface area contributed by atoms with Crippen LogP contribution in [0.4, 0.5) is 5.69 Å². The predicted octanol–water partition coefficient (Wildman–Crippen LogP) is 9.13. The van der Waals surface area contributed by atoms with Crippen LogP contribution in [0.3, 0.4) is 0 Å². The summed E-state index contributed by atoms with van der Waals surface area (Å²) in [5, 5.41) is 12.2. The minimum atomic E-state index is 0.158. The number of carbonyl (C=O) groups excluding carboxylic acids is 2. The molecule has 0 aromatic heterocycles. The summed E-state index contributed by atoms with van der Waals surface area (Å²) in [6.07, 6.45) is 9.33. The smallest absolute Gasteiger partial charge is 0.227 e. The maximum absolute atomic E-state index is 12.3. The van der Waals surface area contributed by atoms with Gasteiger partial charge >= 0.3 is 0 Å². The van der Waals surface area contributed by atoms with Gasteiger partial charge in [0, 0.05) is 17.7 Å². The van der Waals surface area contributed by atoms with Crippen LogP contribution >= 0.6 is 0 Å². The molecule has 1 aliphatic rings. The molecule has 0 spiro atoms. The minimum absolute atomic E-state index is 0.158. The van der Waals surface area contributed by atoms with E-state index in [4.69, 9.17) is 4.74 Å². The first kappa shape index (κ1) is 36.2. The molecular weight excluding hydrogens is 486 g/mol. The fraction of sp³-hybridized carbons (Fsp3) is 0.588. The van der Waals surface area contributed by atoms with Crippen LogP contribution in [0.2, 0.25) is 0 Å². The maximum Gasteiger partial charge on any atom is 0.227 e. The predicted molar refractivity (Wildman–Crippen MR) is 166 cm³/mol. The number of hydrogen-bond acceptors (Lipinski definition) is 4. The average Bonchev–Trinajstić information content (AvgIpc) is 2.89. The van der Waals surface area contributed by atoms with E-state index in [0.717, 1.165) is 42.2 Å². The third-order valence-corrected chi connectivity index (χ3v) is 7.00. The topological polar surface area (TPSA) is 75.6 Å². The van der Waals surface area contributed by atoms with Crippen LogP contribution in [0, 0.1) is 32.6 Å². The molecule has 220 valence electrons. The minimum Gasteiger partial charge on any atom is -0.508 e. The number of amides is 1. The first-order valence-electron chi connectivity index (χ1n) is 14.6. The molecule has 0 radical (unpaired) electrons. The van der Waals surface area contributed by atoms with E-state index < -0.39 is 0 Å². The third kappa shape index (κ3) is 14.8. The van der Waals surface area contributed by atoms with E-state index in [1.54, 1.807) is 7.11 Å². The second-order valence-corrected chi connectivity index (χ2v) is 10.6. The van der Waals surface area contributed by atoms with Gasteiger partial charge in [-0.2, -0.15) is 0 Å². The van der Waals surface area contributed by atoms with Crippen molar-refractivity contribution in [1.29, 1.82) is 0 Å². The number of methoxy groups -OCH3 is 1. The lowest BCUT2D eigenvalue weighted by atomic mass is 9.80. The van der Waals surface area contributed by atoms with E-state index >= 15 is 0 Å². The summed E-state index contributed by atoms with van der Waals surface area (Å²) in [5.41, 5.74) is 5.63. The standard InChI is InChI=1S/C17H25NO2.C10H14O.C4H10.C3H6O/c1-4-13-6-8-14(9-7-13)17(19)18-15-10-5-12(2)16(11-15)20-3;1-4-10-7(2)5-9(11)6-8(10)3;1-3-4-2;1-3(2)4/h5,10-11,13-14H,4,6-9H2,1-3H3,(H,18,19);5-6,11H,4H2,1-3H3;3-4H2,1-2H3;1-2H3. The van der Waals surface area contributed by atoms with Crippen LogP contribution in [0.15, 0.2) is 30.3 Å². The van der Waals surface area contributed by atoms with Crippen LogP contribution in [0.1, 0.15) is 109 Å². The van der Waals surface area contributed by atoms with Gasteiger partial charge in [0.15, 0.2) is 0 Å². The van der Waals surface area contributed by atoms with Gasteiger partial charge in [-0.3, -0.25) is 4.79 Å². The van der Waals surface area contributed by atoms with Crippen molar-refractivity contribution in [3.05, 3.63) is 52.6 Å². The van der Waals surface area contributed by atoms with Crippen molar-refractivity contribution >= 4 is 17.4 Å². The van der Waals surface area contributed by atoms with E-state index in [9.17, 15) is 14.7 Å². The van der Waals surface area contributed by atoms with E-state index in [1.807, 2.05) is 51.1 Å². The molecule has 1 aliphatic carbocycles. The van der Waals surface area contributed by atoms with Crippen molar-refractivity contribution < 1.29 is 19.4 Å². The molecule has 1 amide bonds.